The Kier molecular flexibility index (Phi) is 5.14. The monoisotopic (exact) mass is 380 g/mol. The largest absolute Gasteiger partial charge is 0.497 e. The van der Waals surface area contributed by atoms with Crippen LogP contribution in [0.15, 0.2) is 53.9 Å². The van der Waals surface area contributed by atoms with E-state index in [0.717, 1.165) is 4.90 Å². The number of imide groups is 1. The molecule has 1 atom stereocenters. The van der Waals surface area contributed by atoms with Crippen LogP contribution in [0.3, 0.4) is 0 Å². The van der Waals surface area contributed by atoms with Crippen LogP contribution in [-0.2, 0) is 9.59 Å². The lowest BCUT2D eigenvalue weighted by atomic mass is 9.83. The van der Waals surface area contributed by atoms with Gasteiger partial charge in [0.05, 0.1) is 13.0 Å². The van der Waals surface area contributed by atoms with E-state index in [1.807, 2.05) is 0 Å². The third kappa shape index (κ3) is 3.32. The van der Waals surface area contributed by atoms with Crippen molar-refractivity contribution in [3.63, 3.8) is 0 Å². The van der Waals surface area contributed by atoms with Crippen molar-refractivity contribution >= 4 is 11.8 Å². The summed E-state index contributed by atoms with van der Waals surface area (Å²) >= 11 is 0. The molecule has 0 spiro atoms. The van der Waals surface area contributed by atoms with Crippen LogP contribution in [-0.4, -0.2) is 23.8 Å². The lowest BCUT2D eigenvalue weighted by molar-refractivity contribution is -0.141. The second-order valence-corrected chi connectivity index (χ2v) is 6.19. The minimum absolute atomic E-state index is 0.0784. The lowest BCUT2D eigenvalue weighted by Crippen LogP contribution is -2.37. The molecular weight excluding hydrogens is 363 g/mol. The number of methoxy groups -OCH3 is 1. The van der Waals surface area contributed by atoms with Gasteiger partial charge in [0.2, 0.25) is 17.7 Å². The summed E-state index contributed by atoms with van der Waals surface area (Å²) in [6, 6.07) is 12.8. The van der Waals surface area contributed by atoms with Crippen molar-refractivity contribution in [3.8, 4) is 17.6 Å². The molecule has 0 fully saturated rings. The van der Waals surface area contributed by atoms with Crippen LogP contribution < -0.4 is 9.47 Å². The number of halogens is 1. The minimum atomic E-state index is -0.642. The van der Waals surface area contributed by atoms with Crippen molar-refractivity contribution < 1.29 is 23.5 Å². The van der Waals surface area contributed by atoms with Gasteiger partial charge in [0.1, 0.15) is 29.0 Å². The molecule has 0 aromatic heterocycles. The molecule has 2 aromatic carbocycles. The molecule has 7 heteroatoms. The standard InChI is InChI=1S/C21H17FN2O4/c1-12(25)24(13(2)26)21-18(11-23)20(14-4-6-15(22)7-5-14)17-9-8-16(27-3)10-19(17)28-21/h4-10,20H,1-3H3. The smallest absolute Gasteiger partial charge is 0.233 e. The number of fused-ring (bicyclic) bond motifs is 1. The summed E-state index contributed by atoms with van der Waals surface area (Å²) in [6.45, 7) is 2.42. The molecular formula is C21H17FN2O4. The molecule has 1 unspecified atom stereocenters. The van der Waals surface area contributed by atoms with Gasteiger partial charge in [0.15, 0.2) is 0 Å². The molecule has 2 amide bonds. The number of carbonyl (C=O) groups is 2. The summed E-state index contributed by atoms with van der Waals surface area (Å²) in [6.07, 6.45) is 0. The number of allylic oxidation sites excluding steroid dienone is 1. The van der Waals surface area contributed by atoms with Gasteiger partial charge in [-0.1, -0.05) is 18.2 Å². The van der Waals surface area contributed by atoms with Crippen LogP contribution >= 0.6 is 0 Å². The molecule has 0 radical (unpaired) electrons. The summed E-state index contributed by atoms with van der Waals surface area (Å²) < 4.78 is 24.5. The van der Waals surface area contributed by atoms with Crippen LogP contribution in [0.5, 0.6) is 11.5 Å². The van der Waals surface area contributed by atoms with E-state index in [4.69, 9.17) is 9.47 Å². The topological polar surface area (TPSA) is 79.6 Å². The van der Waals surface area contributed by atoms with Gasteiger partial charge in [-0.3, -0.25) is 9.59 Å². The van der Waals surface area contributed by atoms with Gasteiger partial charge in [0, 0.05) is 25.5 Å². The molecule has 1 heterocycles. The highest BCUT2D eigenvalue weighted by molar-refractivity contribution is 5.95. The molecule has 0 N–H and O–H groups in total. The number of hydrogen-bond donors (Lipinski definition) is 0. The summed E-state index contributed by atoms with van der Waals surface area (Å²) in [7, 11) is 1.50. The van der Waals surface area contributed by atoms with Crippen molar-refractivity contribution in [2.75, 3.05) is 7.11 Å². The van der Waals surface area contributed by atoms with Gasteiger partial charge in [0.25, 0.3) is 0 Å². The third-order valence-corrected chi connectivity index (χ3v) is 4.41. The molecule has 6 nitrogen and oxygen atoms in total. The summed E-state index contributed by atoms with van der Waals surface area (Å²) in [5.74, 6) is -1.53. The quantitative estimate of drug-likeness (QED) is 0.814. The van der Waals surface area contributed by atoms with Gasteiger partial charge in [-0.2, -0.15) is 5.26 Å². The van der Waals surface area contributed by atoms with Crippen molar-refractivity contribution in [2.45, 2.75) is 19.8 Å². The zero-order chi connectivity index (χ0) is 20.4. The highest BCUT2D eigenvalue weighted by Gasteiger charge is 2.36. The molecule has 1 aliphatic heterocycles. The molecule has 3 rings (SSSR count). The Morgan fingerprint density at radius 2 is 1.79 bits per heavy atom. The number of nitriles is 1. The zero-order valence-corrected chi connectivity index (χ0v) is 15.5. The molecule has 0 saturated carbocycles. The number of rotatable bonds is 3. The predicted octanol–water partition coefficient (Wildman–Crippen LogP) is 3.49. The Morgan fingerprint density at radius 3 is 2.32 bits per heavy atom. The first kappa shape index (κ1) is 19.1. The van der Waals surface area contributed by atoms with Gasteiger partial charge < -0.3 is 9.47 Å². The molecule has 0 aliphatic carbocycles. The summed E-state index contributed by atoms with van der Waals surface area (Å²) in [5.41, 5.74) is 1.34. The van der Waals surface area contributed by atoms with Crippen molar-refractivity contribution in [1.29, 1.82) is 5.26 Å². The average molecular weight is 380 g/mol. The summed E-state index contributed by atoms with van der Waals surface area (Å²) in [4.78, 5) is 25.0. The highest BCUT2D eigenvalue weighted by Crippen LogP contribution is 2.45. The first-order valence-corrected chi connectivity index (χ1v) is 8.44. The summed E-state index contributed by atoms with van der Waals surface area (Å²) in [5, 5.41) is 9.85. The number of benzene rings is 2. The van der Waals surface area contributed by atoms with Gasteiger partial charge in [-0.25, -0.2) is 9.29 Å². The second-order valence-electron chi connectivity index (χ2n) is 6.19. The molecule has 142 valence electrons. The van der Waals surface area contributed by atoms with E-state index in [1.165, 1.54) is 33.1 Å². The van der Waals surface area contributed by atoms with E-state index in [0.29, 0.717) is 22.6 Å². The SMILES string of the molecule is COc1ccc2c(c1)OC(N(C(C)=O)C(C)=O)=C(C#N)C2c1ccc(F)cc1. The maximum Gasteiger partial charge on any atom is 0.233 e. The number of amides is 2. The molecule has 0 bridgehead atoms. The van der Waals surface area contributed by atoms with E-state index in [2.05, 4.69) is 6.07 Å². The normalized spacial score (nSPS) is 15.2. The fourth-order valence-corrected chi connectivity index (χ4v) is 3.19. The number of nitrogens with zero attached hydrogens (tertiary/aromatic N) is 2. The van der Waals surface area contributed by atoms with Gasteiger partial charge in [-0.05, 0) is 23.8 Å². The fraction of sp³-hybridized carbons (Fsp3) is 0.190. The van der Waals surface area contributed by atoms with Crippen LogP contribution in [0.2, 0.25) is 0 Å². The van der Waals surface area contributed by atoms with Crippen LogP contribution in [0, 0.1) is 17.1 Å². The fourth-order valence-electron chi connectivity index (χ4n) is 3.19. The van der Waals surface area contributed by atoms with Crippen LogP contribution in [0.25, 0.3) is 0 Å². The van der Waals surface area contributed by atoms with E-state index in [9.17, 15) is 19.2 Å². The van der Waals surface area contributed by atoms with Crippen LogP contribution in [0.4, 0.5) is 4.39 Å². The van der Waals surface area contributed by atoms with Crippen molar-refractivity contribution in [3.05, 3.63) is 70.9 Å². The molecule has 1 aliphatic rings. The Balaban J connectivity index is 2.29. The van der Waals surface area contributed by atoms with Crippen molar-refractivity contribution in [1.82, 2.24) is 4.90 Å². The maximum atomic E-state index is 13.4. The molecule has 28 heavy (non-hydrogen) atoms. The first-order valence-electron chi connectivity index (χ1n) is 8.44. The number of carbonyl (C=O) groups excluding carboxylic acids is 2. The maximum absolute atomic E-state index is 13.4. The average Bonchev–Trinajstić information content (AvgIpc) is 2.66. The minimum Gasteiger partial charge on any atom is -0.497 e. The van der Waals surface area contributed by atoms with E-state index >= 15 is 0 Å². The second kappa shape index (κ2) is 7.53. The zero-order valence-electron chi connectivity index (χ0n) is 15.5. The molecule has 0 saturated heterocycles. The van der Waals surface area contributed by atoms with Crippen LogP contribution in [0.1, 0.15) is 30.9 Å². The van der Waals surface area contributed by atoms with Gasteiger partial charge >= 0.3 is 0 Å². The third-order valence-electron chi connectivity index (χ3n) is 4.41. The predicted molar refractivity (Wildman–Crippen MR) is 97.7 cm³/mol. The molecule has 2 aromatic rings. The van der Waals surface area contributed by atoms with E-state index < -0.39 is 23.5 Å². The first-order chi connectivity index (χ1) is 13.4. The Labute approximate surface area is 161 Å². The van der Waals surface area contributed by atoms with Gasteiger partial charge in [-0.15, -0.1) is 0 Å². The number of hydrogen-bond acceptors (Lipinski definition) is 5. The number of ether oxygens (including phenoxy) is 2. The van der Waals surface area contributed by atoms with E-state index in [1.54, 1.807) is 30.3 Å². The van der Waals surface area contributed by atoms with Crippen molar-refractivity contribution in [2.24, 2.45) is 0 Å². The Bertz CT molecular complexity index is 1010. The Hall–Kier alpha value is -3.66. The Morgan fingerprint density at radius 1 is 1.14 bits per heavy atom. The lowest BCUT2D eigenvalue weighted by Gasteiger charge is -2.31. The van der Waals surface area contributed by atoms with E-state index in [-0.39, 0.29) is 11.5 Å². The highest BCUT2D eigenvalue weighted by atomic mass is 19.1.